The van der Waals surface area contributed by atoms with Crippen LogP contribution in [-0.2, 0) is 11.8 Å². The van der Waals surface area contributed by atoms with Crippen molar-refractivity contribution in [3.05, 3.63) is 47.8 Å². The molecule has 0 spiro atoms. The molecule has 1 aromatic heterocycles. The van der Waals surface area contributed by atoms with E-state index < -0.39 is 0 Å². The minimum Gasteiger partial charge on any atom is -0.369 e. The molecule has 2 aromatic rings. The largest absolute Gasteiger partial charge is 0.369 e. The number of carbonyl (C=O) groups is 1. The molecular formula is C20H27N5O. The van der Waals surface area contributed by atoms with Crippen molar-refractivity contribution >= 4 is 23.4 Å². The highest BCUT2D eigenvalue weighted by Gasteiger charge is 2.17. The van der Waals surface area contributed by atoms with Gasteiger partial charge in [-0.15, -0.1) is 0 Å². The number of hydrogen-bond donors (Lipinski definition) is 1. The predicted octanol–water partition coefficient (Wildman–Crippen LogP) is 2.52. The fraction of sp³-hybridized carbons (Fsp3) is 0.400. The van der Waals surface area contributed by atoms with Crippen molar-refractivity contribution in [1.29, 1.82) is 0 Å². The van der Waals surface area contributed by atoms with Gasteiger partial charge in [0.1, 0.15) is 0 Å². The van der Waals surface area contributed by atoms with E-state index in [-0.39, 0.29) is 5.91 Å². The lowest BCUT2D eigenvalue weighted by molar-refractivity contribution is -0.111. The second kappa shape index (κ2) is 8.19. The summed E-state index contributed by atoms with van der Waals surface area (Å²) < 4.78 is 1.71. The Morgan fingerprint density at radius 2 is 2.04 bits per heavy atom. The van der Waals surface area contributed by atoms with Crippen molar-refractivity contribution in [3.8, 4) is 0 Å². The average Bonchev–Trinajstić information content (AvgIpc) is 3.06. The fourth-order valence-electron chi connectivity index (χ4n) is 3.28. The quantitative estimate of drug-likeness (QED) is 0.840. The number of nitrogens with one attached hydrogen (secondary N) is 1. The van der Waals surface area contributed by atoms with Crippen molar-refractivity contribution < 1.29 is 4.79 Å². The molecule has 1 aromatic carbocycles. The summed E-state index contributed by atoms with van der Waals surface area (Å²) in [6.45, 7) is 9.73. The van der Waals surface area contributed by atoms with E-state index in [0.717, 1.165) is 44.0 Å². The Kier molecular flexibility index (Phi) is 5.73. The smallest absolute Gasteiger partial charge is 0.248 e. The summed E-state index contributed by atoms with van der Waals surface area (Å²) in [6, 6.07) is 6.12. The molecule has 0 unspecified atom stereocenters. The van der Waals surface area contributed by atoms with E-state index in [0.29, 0.717) is 0 Å². The van der Waals surface area contributed by atoms with Gasteiger partial charge in [-0.1, -0.05) is 6.92 Å². The minimum absolute atomic E-state index is 0.141. The van der Waals surface area contributed by atoms with Gasteiger partial charge in [-0.25, -0.2) is 0 Å². The summed E-state index contributed by atoms with van der Waals surface area (Å²) >= 11 is 0. The molecule has 26 heavy (non-hydrogen) atoms. The minimum atomic E-state index is -0.141. The van der Waals surface area contributed by atoms with Crippen LogP contribution in [0.1, 0.15) is 18.1 Å². The van der Waals surface area contributed by atoms with Gasteiger partial charge in [0.05, 0.1) is 6.20 Å². The van der Waals surface area contributed by atoms with E-state index >= 15 is 0 Å². The topological polar surface area (TPSA) is 53.4 Å². The van der Waals surface area contributed by atoms with Crippen LogP contribution in [0.3, 0.4) is 0 Å². The van der Waals surface area contributed by atoms with Crippen LogP contribution >= 0.6 is 0 Å². The summed E-state index contributed by atoms with van der Waals surface area (Å²) in [7, 11) is 1.85. The maximum absolute atomic E-state index is 12.1. The number of aromatic nitrogens is 2. The molecule has 0 bridgehead atoms. The Morgan fingerprint density at radius 3 is 2.65 bits per heavy atom. The third-order valence-corrected chi connectivity index (χ3v) is 4.78. The molecule has 1 fully saturated rings. The molecule has 1 N–H and O–H groups in total. The number of nitrogens with zero attached hydrogens (tertiary/aromatic N) is 4. The summed E-state index contributed by atoms with van der Waals surface area (Å²) in [5, 5.41) is 7.01. The molecule has 1 amide bonds. The van der Waals surface area contributed by atoms with E-state index in [1.54, 1.807) is 17.0 Å². The number of likely N-dealkylation sites (N-methyl/N-ethyl adjacent to an activating group) is 1. The van der Waals surface area contributed by atoms with E-state index in [1.165, 1.54) is 17.3 Å². The lowest BCUT2D eigenvalue weighted by Crippen LogP contribution is -2.46. The molecular weight excluding hydrogens is 326 g/mol. The monoisotopic (exact) mass is 353 g/mol. The molecule has 6 nitrogen and oxygen atoms in total. The number of piperazine rings is 1. The normalized spacial score (nSPS) is 15.6. The van der Waals surface area contributed by atoms with Crippen molar-refractivity contribution in [1.82, 2.24) is 14.7 Å². The fourth-order valence-corrected chi connectivity index (χ4v) is 3.28. The highest BCUT2D eigenvalue weighted by molar-refractivity contribution is 6.02. The molecule has 1 aliphatic rings. The Labute approximate surface area is 155 Å². The van der Waals surface area contributed by atoms with Crippen LogP contribution in [-0.4, -0.2) is 53.3 Å². The van der Waals surface area contributed by atoms with E-state index in [4.69, 9.17) is 0 Å². The van der Waals surface area contributed by atoms with Crippen LogP contribution < -0.4 is 10.2 Å². The van der Waals surface area contributed by atoms with Crippen LogP contribution in [0.25, 0.3) is 6.08 Å². The maximum Gasteiger partial charge on any atom is 0.248 e. The zero-order valence-electron chi connectivity index (χ0n) is 15.8. The van der Waals surface area contributed by atoms with Gasteiger partial charge < -0.3 is 15.1 Å². The van der Waals surface area contributed by atoms with Crippen LogP contribution in [0.2, 0.25) is 0 Å². The number of anilines is 2. The second-order valence-corrected chi connectivity index (χ2v) is 6.69. The molecule has 2 heterocycles. The lowest BCUT2D eigenvalue weighted by Gasteiger charge is -2.36. The first-order valence-corrected chi connectivity index (χ1v) is 9.11. The third kappa shape index (κ3) is 4.52. The van der Waals surface area contributed by atoms with Crippen LogP contribution in [0.4, 0.5) is 11.4 Å². The standard InChI is InChI=1S/C20H27N5O/c1-4-24-9-11-25(12-10-24)19-7-6-18(13-16(19)2)22-20(26)8-5-17-14-21-23(3)15-17/h5-8,13-15H,4,9-12H2,1-3H3,(H,22,26)/b8-5+. The van der Waals surface area contributed by atoms with Crippen molar-refractivity contribution in [2.45, 2.75) is 13.8 Å². The Morgan fingerprint density at radius 1 is 1.27 bits per heavy atom. The number of carbonyl (C=O) groups excluding carboxylic acids is 1. The van der Waals surface area contributed by atoms with Gasteiger partial charge in [0, 0.05) is 62.4 Å². The molecule has 1 saturated heterocycles. The summed E-state index contributed by atoms with van der Waals surface area (Å²) in [5.41, 5.74) is 4.16. The lowest BCUT2D eigenvalue weighted by atomic mass is 10.1. The summed E-state index contributed by atoms with van der Waals surface area (Å²) in [5.74, 6) is -0.141. The molecule has 0 saturated carbocycles. The first-order valence-electron chi connectivity index (χ1n) is 9.11. The Balaban J connectivity index is 1.60. The zero-order chi connectivity index (χ0) is 18.5. The van der Waals surface area contributed by atoms with E-state index in [2.05, 4.69) is 40.1 Å². The Bertz CT molecular complexity index is 787. The van der Waals surface area contributed by atoms with Gasteiger partial charge in [-0.3, -0.25) is 9.48 Å². The molecule has 3 rings (SSSR count). The zero-order valence-corrected chi connectivity index (χ0v) is 15.8. The van der Waals surface area contributed by atoms with Gasteiger partial charge in [-0.05, 0) is 43.3 Å². The number of amides is 1. The molecule has 1 aliphatic heterocycles. The predicted molar refractivity (Wildman–Crippen MR) is 106 cm³/mol. The molecule has 0 atom stereocenters. The molecule has 0 aliphatic carbocycles. The van der Waals surface area contributed by atoms with E-state index in [1.807, 2.05) is 25.4 Å². The molecule has 138 valence electrons. The second-order valence-electron chi connectivity index (χ2n) is 6.69. The summed E-state index contributed by atoms with van der Waals surface area (Å²) in [6.07, 6.45) is 6.88. The average molecular weight is 353 g/mol. The Hall–Kier alpha value is -2.60. The van der Waals surface area contributed by atoms with Crippen LogP contribution in [0.15, 0.2) is 36.7 Å². The van der Waals surface area contributed by atoms with Crippen molar-refractivity contribution in [3.63, 3.8) is 0 Å². The number of aryl methyl sites for hydroxylation is 2. The van der Waals surface area contributed by atoms with Crippen LogP contribution in [0, 0.1) is 6.92 Å². The van der Waals surface area contributed by atoms with Gasteiger partial charge in [0.15, 0.2) is 0 Å². The number of rotatable bonds is 5. The third-order valence-electron chi connectivity index (χ3n) is 4.78. The number of hydrogen-bond acceptors (Lipinski definition) is 4. The SMILES string of the molecule is CCN1CCN(c2ccc(NC(=O)/C=C/c3cnn(C)c3)cc2C)CC1. The van der Waals surface area contributed by atoms with Gasteiger partial charge in [-0.2, -0.15) is 5.10 Å². The number of benzene rings is 1. The maximum atomic E-state index is 12.1. The highest BCUT2D eigenvalue weighted by atomic mass is 16.1. The first kappa shape index (κ1) is 18.2. The van der Waals surface area contributed by atoms with Crippen LogP contribution in [0.5, 0.6) is 0 Å². The van der Waals surface area contributed by atoms with E-state index in [9.17, 15) is 4.79 Å². The molecule has 0 radical (unpaired) electrons. The van der Waals surface area contributed by atoms with Gasteiger partial charge in [0.2, 0.25) is 5.91 Å². The summed E-state index contributed by atoms with van der Waals surface area (Å²) in [4.78, 5) is 17.0. The molecule has 6 heteroatoms. The first-order chi connectivity index (χ1) is 12.5. The highest BCUT2D eigenvalue weighted by Crippen LogP contribution is 2.24. The van der Waals surface area contributed by atoms with Crippen molar-refractivity contribution in [2.24, 2.45) is 7.05 Å². The van der Waals surface area contributed by atoms with Crippen molar-refractivity contribution in [2.75, 3.05) is 42.9 Å². The van der Waals surface area contributed by atoms with Gasteiger partial charge >= 0.3 is 0 Å². The van der Waals surface area contributed by atoms with Gasteiger partial charge in [0.25, 0.3) is 0 Å².